The summed E-state index contributed by atoms with van der Waals surface area (Å²) in [6, 6.07) is 16.2. The number of thiocarbonyl (C=S) groups is 2. The Kier molecular flexibility index (Phi) is 8.10. The number of methoxy groups -OCH3 is 2. The first-order chi connectivity index (χ1) is 14.6. The van der Waals surface area contributed by atoms with Crippen molar-refractivity contribution in [2.24, 2.45) is 0 Å². The second-order valence-electron chi connectivity index (χ2n) is 7.20. The molecule has 1 aliphatic rings. The topological polar surface area (TPSA) is 66.6 Å². The predicted octanol–water partition coefficient (Wildman–Crippen LogP) is 4.29. The van der Waals surface area contributed by atoms with Crippen LogP contribution >= 0.6 is 24.4 Å². The van der Waals surface area contributed by atoms with E-state index in [1.807, 2.05) is 48.5 Å². The van der Waals surface area contributed by atoms with Crippen LogP contribution in [-0.4, -0.2) is 36.5 Å². The van der Waals surface area contributed by atoms with Crippen molar-refractivity contribution in [1.82, 2.24) is 10.6 Å². The molecule has 0 bridgehead atoms. The number of nitrogens with one attached hydrogen (secondary N) is 4. The second-order valence-corrected chi connectivity index (χ2v) is 8.02. The molecular weight excluding hydrogens is 416 g/mol. The number of ether oxygens (including phenoxy) is 2. The molecule has 0 unspecified atom stereocenters. The Bertz CT molecular complexity index is 764. The van der Waals surface area contributed by atoms with Gasteiger partial charge in [-0.3, -0.25) is 0 Å². The summed E-state index contributed by atoms with van der Waals surface area (Å²) in [5.74, 6) is 1.65. The van der Waals surface area contributed by atoms with Gasteiger partial charge in [0.15, 0.2) is 10.2 Å². The van der Waals surface area contributed by atoms with E-state index in [1.165, 1.54) is 0 Å². The fourth-order valence-electron chi connectivity index (χ4n) is 3.44. The van der Waals surface area contributed by atoms with Gasteiger partial charge in [-0.1, -0.05) is 0 Å². The molecule has 4 N–H and O–H groups in total. The van der Waals surface area contributed by atoms with E-state index < -0.39 is 0 Å². The van der Waals surface area contributed by atoms with Gasteiger partial charge in [0.1, 0.15) is 11.5 Å². The average Bonchev–Trinajstić information content (AvgIpc) is 2.76. The summed E-state index contributed by atoms with van der Waals surface area (Å²) in [6.45, 7) is 0. The Labute approximate surface area is 188 Å². The highest BCUT2D eigenvalue weighted by atomic mass is 32.1. The van der Waals surface area contributed by atoms with Crippen LogP contribution in [0, 0.1) is 0 Å². The van der Waals surface area contributed by atoms with Gasteiger partial charge in [-0.05, 0) is 98.6 Å². The van der Waals surface area contributed by atoms with Crippen molar-refractivity contribution in [1.29, 1.82) is 0 Å². The monoisotopic (exact) mass is 444 g/mol. The van der Waals surface area contributed by atoms with Crippen molar-refractivity contribution in [3.63, 3.8) is 0 Å². The number of hydrogen-bond donors (Lipinski definition) is 4. The minimum atomic E-state index is 0.365. The first-order valence-corrected chi connectivity index (χ1v) is 10.8. The molecule has 0 aliphatic heterocycles. The third kappa shape index (κ3) is 6.74. The van der Waals surface area contributed by atoms with E-state index in [1.54, 1.807) is 14.2 Å². The van der Waals surface area contributed by atoms with E-state index in [0.717, 1.165) is 48.6 Å². The molecule has 3 rings (SSSR count). The van der Waals surface area contributed by atoms with E-state index in [2.05, 4.69) is 21.3 Å². The highest BCUT2D eigenvalue weighted by molar-refractivity contribution is 7.80. The standard InChI is InChI=1S/C22H28N4O2S2/c1-27-19-11-7-17(8-12-19)25-21(29)23-15-3-5-16(6-4-15)24-22(30)26-18-9-13-20(28-2)14-10-18/h7-16H,3-6H2,1-2H3,(H2,23,25,29)(H2,24,26,30). The lowest BCUT2D eigenvalue weighted by molar-refractivity contribution is 0.356. The van der Waals surface area contributed by atoms with Gasteiger partial charge in [0.25, 0.3) is 0 Å². The Morgan fingerprint density at radius 3 is 1.30 bits per heavy atom. The van der Waals surface area contributed by atoms with Gasteiger partial charge in [-0.15, -0.1) is 0 Å². The molecule has 8 heteroatoms. The zero-order valence-corrected chi connectivity index (χ0v) is 18.9. The van der Waals surface area contributed by atoms with E-state index >= 15 is 0 Å². The molecule has 0 amide bonds. The summed E-state index contributed by atoms with van der Waals surface area (Å²) >= 11 is 10.9. The summed E-state index contributed by atoms with van der Waals surface area (Å²) in [5.41, 5.74) is 1.89. The van der Waals surface area contributed by atoms with Crippen molar-refractivity contribution >= 4 is 46.0 Å². The number of hydrogen-bond acceptors (Lipinski definition) is 4. The van der Waals surface area contributed by atoms with Gasteiger partial charge < -0.3 is 30.7 Å². The molecule has 0 spiro atoms. The normalized spacial score (nSPS) is 18.1. The van der Waals surface area contributed by atoms with Gasteiger partial charge in [0.2, 0.25) is 0 Å². The molecule has 2 aromatic rings. The molecule has 0 radical (unpaired) electrons. The van der Waals surface area contributed by atoms with E-state index in [9.17, 15) is 0 Å². The average molecular weight is 445 g/mol. The minimum Gasteiger partial charge on any atom is -0.497 e. The first kappa shape index (κ1) is 22.1. The van der Waals surface area contributed by atoms with Crippen LogP contribution in [0.2, 0.25) is 0 Å². The number of benzene rings is 2. The summed E-state index contributed by atoms with van der Waals surface area (Å²) in [7, 11) is 3.31. The van der Waals surface area contributed by atoms with Crippen LogP contribution in [0.25, 0.3) is 0 Å². The third-order valence-corrected chi connectivity index (χ3v) is 5.53. The lowest BCUT2D eigenvalue weighted by atomic mass is 9.91. The second kappa shape index (κ2) is 11.0. The Morgan fingerprint density at radius 2 is 1.00 bits per heavy atom. The fourth-order valence-corrected chi connectivity index (χ4v) is 4.00. The van der Waals surface area contributed by atoms with Gasteiger partial charge in [-0.25, -0.2) is 0 Å². The molecule has 2 aromatic carbocycles. The van der Waals surface area contributed by atoms with Crippen LogP contribution in [0.5, 0.6) is 11.5 Å². The van der Waals surface area contributed by atoms with Crippen molar-refractivity contribution in [2.45, 2.75) is 37.8 Å². The van der Waals surface area contributed by atoms with Crippen LogP contribution in [0.1, 0.15) is 25.7 Å². The molecule has 1 saturated carbocycles. The smallest absolute Gasteiger partial charge is 0.170 e. The Hall–Kier alpha value is -2.58. The van der Waals surface area contributed by atoms with Crippen LogP contribution in [-0.2, 0) is 0 Å². The molecule has 0 atom stereocenters. The maximum absolute atomic E-state index is 5.46. The molecule has 0 heterocycles. The molecular formula is C22H28N4O2S2. The Morgan fingerprint density at radius 1 is 0.667 bits per heavy atom. The fraction of sp³-hybridized carbons (Fsp3) is 0.364. The van der Waals surface area contributed by atoms with Crippen LogP contribution in [0.3, 0.4) is 0 Å². The van der Waals surface area contributed by atoms with Crippen LogP contribution in [0.15, 0.2) is 48.5 Å². The summed E-state index contributed by atoms with van der Waals surface area (Å²) in [6.07, 6.45) is 4.14. The van der Waals surface area contributed by atoms with Crippen molar-refractivity contribution in [2.75, 3.05) is 24.9 Å². The van der Waals surface area contributed by atoms with Crippen LogP contribution in [0.4, 0.5) is 11.4 Å². The minimum absolute atomic E-state index is 0.365. The molecule has 1 fully saturated rings. The maximum Gasteiger partial charge on any atom is 0.170 e. The molecule has 0 aromatic heterocycles. The van der Waals surface area contributed by atoms with E-state index in [4.69, 9.17) is 33.9 Å². The molecule has 6 nitrogen and oxygen atoms in total. The predicted molar refractivity (Wildman–Crippen MR) is 131 cm³/mol. The van der Waals surface area contributed by atoms with Crippen molar-refractivity contribution in [3.05, 3.63) is 48.5 Å². The molecule has 160 valence electrons. The summed E-state index contributed by atoms with van der Waals surface area (Å²) in [4.78, 5) is 0. The molecule has 1 aliphatic carbocycles. The lowest BCUT2D eigenvalue weighted by Crippen LogP contribution is -2.45. The number of rotatable bonds is 6. The van der Waals surface area contributed by atoms with Gasteiger partial charge in [0.05, 0.1) is 14.2 Å². The van der Waals surface area contributed by atoms with E-state index in [-0.39, 0.29) is 0 Å². The first-order valence-electron chi connectivity index (χ1n) is 9.99. The van der Waals surface area contributed by atoms with Gasteiger partial charge in [0, 0.05) is 23.5 Å². The van der Waals surface area contributed by atoms with Crippen molar-refractivity contribution in [3.8, 4) is 11.5 Å². The van der Waals surface area contributed by atoms with Crippen LogP contribution < -0.4 is 30.7 Å². The zero-order valence-electron chi connectivity index (χ0n) is 17.2. The lowest BCUT2D eigenvalue weighted by Gasteiger charge is -2.31. The molecule has 0 saturated heterocycles. The quantitative estimate of drug-likeness (QED) is 0.492. The molecule has 30 heavy (non-hydrogen) atoms. The van der Waals surface area contributed by atoms with Gasteiger partial charge in [-0.2, -0.15) is 0 Å². The highest BCUT2D eigenvalue weighted by Gasteiger charge is 2.22. The summed E-state index contributed by atoms with van der Waals surface area (Å²) < 4.78 is 10.3. The SMILES string of the molecule is COc1ccc(NC(=S)NC2CCC(NC(=S)Nc3ccc(OC)cc3)CC2)cc1. The largest absolute Gasteiger partial charge is 0.497 e. The van der Waals surface area contributed by atoms with Gasteiger partial charge >= 0.3 is 0 Å². The number of anilines is 2. The zero-order chi connectivity index (χ0) is 21.3. The summed E-state index contributed by atoms with van der Waals surface area (Å²) in [5, 5.41) is 14.6. The third-order valence-electron chi connectivity index (χ3n) is 5.09. The highest BCUT2D eigenvalue weighted by Crippen LogP contribution is 2.20. The maximum atomic E-state index is 5.46. The van der Waals surface area contributed by atoms with Crippen molar-refractivity contribution < 1.29 is 9.47 Å². The van der Waals surface area contributed by atoms with E-state index in [0.29, 0.717) is 22.3 Å². The Balaban J connectivity index is 1.37.